The summed E-state index contributed by atoms with van der Waals surface area (Å²) in [7, 11) is 2.13. The predicted molar refractivity (Wildman–Crippen MR) is 78.5 cm³/mol. The third kappa shape index (κ3) is 1.62. The smallest absolute Gasteiger partial charge is 0.133 e. The first kappa shape index (κ1) is 13.1. The molecule has 2 aliphatic carbocycles. The van der Waals surface area contributed by atoms with E-state index in [0.29, 0.717) is 30.6 Å². The van der Waals surface area contributed by atoms with E-state index in [0.717, 1.165) is 36.9 Å². The van der Waals surface area contributed by atoms with Crippen LogP contribution in [0.4, 0.5) is 0 Å². The average Bonchev–Trinajstić information content (AvgIpc) is 2.46. The van der Waals surface area contributed by atoms with Crippen molar-refractivity contribution in [1.82, 2.24) is 4.90 Å². The van der Waals surface area contributed by atoms with Gasteiger partial charge >= 0.3 is 0 Å². The number of fused-ring (bicyclic) bond motifs is 1. The zero-order chi connectivity index (χ0) is 14.8. The van der Waals surface area contributed by atoms with E-state index in [1.807, 2.05) is 0 Å². The van der Waals surface area contributed by atoms with Gasteiger partial charge in [0, 0.05) is 35.4 Å². The van der Waals surface area contributed by atoms with Crippen molar-refractivity contribution in [2.24, 2.45) is 5.92 Å². The SMILES string of the molecule is CN1CC[C@]23CC(=O)CC[C@H]2[C@H]1Cc1c(O)ccc(O)c13. The highest BCUT2D eigenvalue weighted by Crippen LogP contribution is 2.58. The highest BCUT2D eigenvalue weighted by atomic mass is 16.3. The number of benzene rings is 1. The molecule has 4 rings (SSSR count). The molecule has 1 aromatic rings. The Morgan fingerprint density at radius 3 is 2.86 bits per heavy atom. The molecule has 0 aromatic heterocycles. The van der Waals surface area contributed by atoms with E-state index >= 15 is 0 Å². The Labute approximate surface area is 124 Å². The van der Waals surface area contributed by atoms with Gasteiger partial charge < -0.3 is 15.1 Å². The first-order valence-corrected chi connectivity index (χ1v) is 7.79. The lowest BCUT2D eigenvalue weighted by Crippen LogP contribution is -2.60. The second-order valence-electron chi connectivity index (χ2n) is 6.98. The molecular weight excluding hydrogens is 266 g/mol. The van der Waals surface area contributed by atoms with Crippen LogP contribution in [0.3, 0.4) is 0 Å². The minimum Gasteiger partial charge on any atom is -0.508 e. The predicted octanol–water partition coefficient (Wildman–Crippen LogP) is 1.97. The molecule has 4 nitrogen and oxygen atoms in total. The van der Waals surface area contributed by atoms with E-state index in [-0.39, 0.29) is 16.9 Å². The quantitative estimate of drug-likeness (QED) is 0.716. The highest BCUT2D eigenvalue weighted by Gasteiger charge is 2.56. The van der Waals surface area contributed by atoms with Crippen molar-refractivity contribution < 1.29 is 15.0 Å². The number of phenols is 2. The number of hydrogen-bond acceptors (Lipinski definition) is 4. The van der Waals surface area contributed by atoms with Gasteiger partial charge in [-0.1, -0.05) is 0 Å². The van der Waals surface area contributed by atoms with E-state index < -0.39 is 0 Å². The number of phenolic OH excluding ortho intramolecular Hbond substituents is 2. The standard InChI is InChI=1S/C17H21NO3/c1-18-7-6-17-9-10(19)2-3-12(17)13(18)8-11-14(20)4-5-15(21)16(11)17/h4-5,12-13,20-21H,2-3,6-9H2,1H3/t12-,13+,17-/m0/s1. The number of carbonyl (C=O) groups is 1. The lowest BCUT2D eigenvalue weighted by molar-refractivity contribution is -0.127. The Morgan fingerprint density at radius 1 is 1.29 bits per heavy atom. The van der Waals surface area contributed by atoms with Crippen LogP contribution in [0.2, 0.25) is 0 Å². The van der Waals surface area contributed by atoms with Gasteiger partial charge in [-0.2, -0.15) is 0 Å². The molecule has 1 saturated carbocycles. The molecule has 112 valence electrons. The molecule has 1 aliphatic heterocycles. The van der Waals surface area contributed by atoms with Crippen molar-refractivity contribution in [2.75, 3.05) is 13.6 Å². The molecule has 2 bridgehead atoms. The summed E-state index contributed by atoms with van der Waals surface area (Å²) in [5.41, 5.74) is 1.46. The minimum absolute atomic E-state index is 0.255. The third-order valence-electron chi connectivity index (χ3n) is 6.08. The number of carbonyl (C=O) groups excluding carboxylic acids is 1. The van der Waals surface area contributed by atoms with Crippen molar-refractivity contribution in [3.63, 3.8) is 0 Å². The van der Waals surface area contributed by atoms with Gasteiger partial charge in [-0.05, 0) is 50.9 Å². The minimum atomic E-state index is -0.261. The summed E-state index contributed by atoms with van der Waals surface area (Å²) in [4.78, 5) is 14.5. The number of Topliss-reactive ketones (excluding diaryl/α,β-unsaturated/α-hetero) is 1. The van der Waals surface area contributed by atoms with Gasteiger partial charge in [0.25, 0.3) is 0 Å². The summed E-state index contributed by atoms with van der Waals surface area (Å²) in [6.07, 6.45) is 3.74. The molecule has 1 heterocycles. The fourth-order valence-corrected chi connectivity index (χ4v) is 5.14. The number of aromatic hydroxyl groups is 2. The summed E-state index contributed by atoms with van der Waals surface area (Å²) < 4.78 is 0. The molecule has 0 unspecified atom stereocenters. The number of ketones is 1. The van der Waals surface area contributed by atoms with Gasteiger partial charge in [-0.3, -0.25) is 4.79 Å². The van der Waals surface area contributed by atoms with Crippen LogP contribution >= 0.6 is 0 Å². The Hall–Kier alpha value is -1.55. The fourth-order valence-electron chi connectivity index (χ4n) is 5.14. The molecule has 3 atom stereocenters. The van der Waals surface area contributed by atoms with E-state index in [2.05, 4.69) is 11.9 Å². The van der Waals surface area contributed by atoms with E-state index in [4.69, 9.17) is 0 Å². The number of nitrogens with zero attached hydrogens (tertiary/aromatic N) is 1. The third-order valence-corrected chi connectivity index (χ3v) is 6.08. The number of likely N-dealkylation sites (tertiary alicyclic amines) is 1. The van der Waals surface area contributed by atoms with E-state index in [9.17, 15) is 15.0 Å². The van der Waals surface area contributed by atoms with Gasteiger partial charge in [0.2, 0.25) is 0 Å². The van der Waals surface area contributed by atoms with Crippen molar-refractivity contribution in [1.29, 1.82) is 0 Å². The number of piperidine rings is 1. The second-order valence-corrected chi connectivity index (χ2v) is 6.98. The molecule has 0 spiro atoms. The van der Waals surface area contributed by atoms with E-state index in [1.165, 1.54) is 0 Å². The van der Waals surface area contributed by atoms with Crippen LogP contribution in [0.25, 0.3) is 0 Å². The summed E-state index contributed by atoms with van der Waals surface area (Å²) in [6, 6.07) is 3.52. The Morgan fingerprint density at radius 2 is 2.05 bits per heavy atom. The Balaban J connectivity index is 1.98. The van der Waals surface area contributed by atoms with Crippen molar-refractivity contribution >= 4 is 5.78 Å². The van der Waals surface area contributed by atoms with Gasteiger partial charge in [0.15, 0.2) is 0 Å². The molecule has 21 heavy (non-hydrogen) atoms. The van der Waals surface area contributed by atoms with Crippen molar-refractivity contribution in [3.8, 4) is 11.5 Å². The molecule has 2 N–H and O–H groups in total. The molecule has 0 radical (unpaired) electrons. The Bertz CT molecular complexity index is 627. The normalized spacial score (nSPS) is 35.2. The molecule has 4 heteroatoms. The van der Waals surface area contributed by atoms with Crippen molar-refractivity contribution in [3.05, 3.63) is 23.3 Å². The maximum Gasteiger partial charge on any atom is 0.133 e. The summed E-state index contributed by atoms with van der Waals surface area (Å²) in [5.74, 6) is 1.23. The van der Waals surface area contributed by atoms with E-state index in [1.54, 1.807) is 12.1 Å². The summed E-state index contributed by atoms with van der Waals surface area (Å²) >= 11 is 0. The van der Waals surface area contributed by atoms with Crippen LogP contribution in [-0.2, 0) is 16.6 Å². The maximum atomic E-state index is 12.1. The highest BCUT2D eigenvalue weighted by molar-refractivity contribution is 5.82. The molecule has 1 saturated heterocycles. The molecule has 0 amide bonds. The monoisotopic (exact) mass is 287 g/mol. The molecule has 2 fully saturated rings. The fraction of sp³-hybridized carbons (Fsp3) is 0.588. The molecule has 1 aromatic carbocycles. The lowest BCUT2D eigenvalue weighted by atomic mass is 9.52. The average molecular weight is 287 g/mol. The van der Waals surface area contributed by atoms with Crippen LogP contribution in [0.15, 0.2) is 12.1 Å². The zero-order valence-corrected chi connectivity index (χ0v) is 12.3. The van der Waals surface area contributed by atoms with Crippen LogP contribution < -0.4 is 0 Å². The lowest BCUT2D eigenvalue weighted by Gasteiger charge is -2.57. The topological polar surface area (TPSA) is 60.8 Å². The maximum absolute atomic E-state index is 12.1. The summed E-state index contributed by atoms with van der Waals surface area (Å²) in [6.45, 7) is 0.947. The van der Waals surface area contributed by atoms with Gasteiger partial charge in [0.1, 0.15) is 17.3 Å². The molecular formula is C17H21NO3. The van der Waals surface area contributed by atoms with Gasteiger partial charge in [-0.15, -0.1) is 0 Å². The van der Waals surface area contributed by atoms with Gasteiger partial charge in [0.05, 0.1) is 0 Å². The largest absolute Gasteiger partial charge is 0.508 e. The molecule has 3 aliphatic rings. The zero-order valence-electron chi connectivity index (χ0n) is 12.3. The van der Waals surface area contributed by atoms with Crippen LogP contribution in [0, 0.1) is 5.92 Å². The number of hydrogen-bond donors (Lipinski definition) is 2. The van der Waals surface area contributed by atoms with Crippen LogP contribution in [-0.4, -0.2) is 40.5 Å². The first-order valence-electron chi connectivity index (χ1n) is 7.79. The summed E-state index contributed by atoms with van der Waals surface area (Å²) in [5, 5.41) is 20.7. The number of likely N-dealkylation sites (N-methyl/N-ethyl adjacent to an activating group) is 1. The first-order chi connectivity index (χ1) is 10.0. The number of rotatable bonds is 0. The van der Waals surface area contributed by atoms with Crippen LogP contribution in [0.1, 0.15) is 36.8 Å². The van der Waals surface area contributed by atoms with Crippen molar-refractivity contribution in [2.45, 2.75) is 43.6 Å². The van der Waals surface area contributed by atoms with Crippen LogP contribution in [0.5, 0.6) is 11.5 Å². The second kappa shape index (κ2) is 4.23. The Kier molecular flexibility index (Phi) is 2.65. The van der Waals surface area contributed by atoms with Gasteiger partial charge in [-0.25, -0.2) is 0 Å².